The molecular formula is C14H17N3OS. The Morgan fingerprint density at radius 2 is 2.11 bits per heavy atom. The molecule has 0 aliphatic rings. The predicted octanol–water partition coefficient (Wildman–Crippen LogP) is 2.19. The number of rotatable bonds is 5. The molecule has 3 N–H and O–H groups in total. The van der Waals surface area contributed by atoms with Gasteiger partial charge in [0.1, 0.15) is 0 Å². The van der Waals surface area contributed by atoms with Crippen LogP contribution in [-0.4, -0.2) is 17.4 Å². The van der Waals surface area contributed by atoms with Crippen molar-refractivity contribution in [1.82, 2.24) is 4.98 Å². The molecule has 1 amide bonds. The van der Waals surface area contributed by atoms with Gasteiger partial charge in [0.15, 0.2) is 5.13 Å². The number of nitrogens with zero attached hydrogens (tertiary/aromatic N) is 1. The van der Waals surface area contributed by atoms with Gasteiger partial charge in [0.2, 0.25) is 5.91 Å². The molecular weight excluding hydrogens is 258 g/mol. The predicted molar refractivity (Wildman–Crippen MR) is 78.4 cm³/mol. The Bertz CT molecular complexity index is 565. The zero-order chi connectivity index (χ0) is 13.7. The largest absolute Gasteiger partial charge is 0.322 e. The smallest absolute Gasteiger partial charge is 0.239 e. The second-order valence-electron chi connectivity index (χ2n) is 4.18. The minimum atomic E-state index is -0.213. The fourth-order valence-corrected chi connectivity index (χ4v) is 2.73. The lowest BCUT2D eigenvalue weighted by Crippen LogP contribution is -2.21. The Morgan fingerprint density at radius 3 is 2.79 bits per heavy atom. The molecule has 0 fully saturated rings. The van der Waals surface area contributed by atoms with Gasteiger partial charge >= 0.3 is 0 Å². The number of nitrogens with two attached hydrogens (primary N) is 1. The normalized spacial score (nSPS) is 10.4. The molecule has 0 aliphatic heterocycles. The highest BCUT2D eigenvalue weighted by Gasteiger charge is 2.07. The number of thiazole rings is 1. The summed E-state index contributed by atoms with van der Waals surface area (Å²) < 4.78 is 0. The highest BCUT2D eigenvalue weighted by Crippen LogP contribution is 2.22. The molecule has 1 heterocycles. The van der Waals surface area contributed by atoms with Crippen LogP contribution in [0.3, 0.4) is 0 Å². The summed E-state index contributed by atoms with van der Waals surface area (Å²) in [4.78, 5) is 16.5. The van der Waals surface area contributed by atoms with E-state index < -0.39 is 0 Å². The molecule has 0 aliphatic carbocycles. The monoisotopic (exact) mass is 275 g/mol. The first-order valence-electron chi connectivity index (χ1n) is 6.24. The number of nitrogens with one attached hydrogen (secondary N) is 1. The van der Waals surface area contributed by atoms with Gasteiger partial charge in [-0.25, -0.2) is 4.98 Å². The second kappa shape index (κ2) is 6.45. The lowest BCUT2D eigenvalue weighted by molar-refractivity contribution is -0.114. The lowest BCUT2D eigenvalue weighted by Gasteiger charge is -2.05. The Balaban J connectivity index is 2.09. The van der Waals surface area contributed by atoms with Gasteiger partial charge in [-0.15, -0.1) is 11.3 Å². The van der Waals surface area contributed by atoms with E-state index in [4.69, 9.17) is 5.73 Å². The van der Waals surface area contributed by atoms with E-state index in [1.807, 2.05) is 12.3 Å². The van der Waals surface area contributed by atoms with Crippen molar-refractivity contribution in [3.8, 4) is 0 Å². The zero-order valence-corrected chi connectivity index (χ0v) is 11.7. The SMILES string of the molecule is CCc1ccccc1Cc1cnc(NC(=O)CN)s1. The van der Waals surface area contributed by atoms with Crippen LogP contribution in [0.4, 0.5) is 5.13 Å². The highest BCUT2D eigenvalue weighted by molar-refractivity contribution is 7.15. The van der Waals surface area contributed by atoms with E-state index in [2.05, 4.69) is 35.4 Å². The van der Waals surface area contributed by atoms with E-state index in [0.29, 0.717) is 5.13 Å². The van der Waals surface area contributed by atoms with Gasteiger partial charge in [-0.3, -0.25) is 4.79 Å². The molecule has 0 atom stereocenters. The van der Waals surface area contributed by atoms with Gasteiger partial charge < -0.3 is 11.1 Å². The maximum absolute atomic E-state index is 11.2. The van der Waals surface area contributed by atoms with Gasteiger partial charge in [0.05, 0.1) is 6.54 Å². The van der Waals surface area contributed by atoms with Crippen molar-refractivity contribution in [2.24, 2.45) is 5.73 Å². The molecule has 5 heteroatoms. The van der Waals surface area contributed by atoms with Crippen molar-refractivity contribution >= 4 is 22.4 Å². The van der Waals surface area contributed by atoms with E-state index in [0.717, 1.165) is 17.7 Å². The number of aryl methyl sites for hydroxylation is 1. The van der Waals surface area contributed by atoms with E-state index in [1.165, 1.54) is 22.5 Å². The van der Waals surface area contributed by atoms with Crippen molar-refractivity contribution in [2.45, 2.75) is 19.8 Å². The van der Waals surface area contributed by atoms with Crippen LogP contribution in [0.25, 0.3) is 0 Å². The number of anilines is 1. The van der Waals surface area contributed by atoms with Gasteiger partial charge in [-0.1, -0.05) is 31.2 Å². The molecule has 4 nitrogen and oxygen atoms in total. The summed E-state index contributed by atoms with van der Waals surface area (Å²) in [5, 5.41) is 3.28. The average Bonchev–Trinajstić information content (AvgIpc) is 2.86. The molecule has 0 unspecified atom stereocenters. The number of aromatic nitrogens is 1. The third-order valence-corrected chi connectivity index (χ3v) is 3.76. The first kappa shape index (κ1) is 13.7. The maximum atomic E-state index is 11.2. The maximum Gasteiger partial charge on any atom is 0.239 e. The standard InChI is InChI=1S/C14H17N3OS/c1-2-10-5-3-4-6-11(10)7-12-9-16-14(19-12)17-13(18)8-15/h3-6,9H,2,7-8,15H2,1H3,(H,16,17,18). The third kappa shape index (κ3) is 3.62. The summed E-state index contributed by atoms with van der Waals surface area (Å²) in [5.74, 6) is -0.213. The first-order valence-corrected chi connectivity index (χ1v) is 7.06. The molecule has 1 aromatic carbocycles. The molecule has 0 radical (unpaired) electrons. The molecule has 0 saturated carbocycles. The number of amides is 1. The Kier molecular flexibility index (Phi) is 4.65. The van der Waals surface area contributed by atoms with Crippen LogP contribution in [-0.2, 0) is 17.6 Å². The van der Waals surface area contributed by atoms with E-state index >= 15 is 0 Å². The summed E-state index contributed by atoms with van der Waals surface area (Å²) in [5.41, 5.74) is 7.91. The topological polar surface area (TPSA) is 68.0 Å². The number of hydrogen-bond acceptors (Lipinski definition) is 4. The van der Waals surface area contributed by atoms with Gasteiger partial charge in [-0.2, -0.15) is 0 Å². The van der Waals surface area contributed by atoms with Crippen LogP contribution >= 0.6 is 11.3 Å². The molecule has 19 heavy (non-hydrogen) atoms. The van der Waals surface area contributed by atoms with Crippen molar-refractivity contribution in [2.75, 3.05) is 11.9 Å². The van der Waals surface area contributed by atoms with Gasteiger partial charge in [0, 0.05) is 17.5 Å². The zero-order valence-electron chi connectivity index (χ0n) is 10.8. The van der Waals surface area contributed by atoms with Crippen molar-refractivity contribution in [3.05, 3.63) is 46.5 Å². The quantitative estimate of drug-likeness (QED) is 0.879. The summed E-state index contributed by atoms with van der Waals surface area (Å²) in [6, 6.07) is 8.39. The number of benzene rings is 1. The fraction of sp³-hybridized carbons (Fsp3) is 0.286. The molecule has 1 aromatic heterocycles. The summed E-state index contributed by atoms with van der Waals surface area (Å²) >= 11 is 1.49. The van der Waals surface area contributed by atoms with Crippen LogP contribution < -0.4 is 11.1 Å². The molecule has 0 spiro atoms. The number of carbonyl (C=O) groups is 1. The van der Waals surface area contributed by atoms with E-state index in [9.17, 15) is 4.79 Å². The van der Waals surface area contributed by atoms with E-state index in [-0.39, 0.29) is 12.5 Å². The summed E-state index contributed by atoms with van der Waals surface area (Å²) in [6.07, 6.45) is 3.68. The minimum Gasteiger partial charge on any atom is -0.322 e. The van der Waals surface area contributed by atoms with Crippen LogP contribution in [0.5, 0.6) is 0 Å². The van der Waals surface area contributed by atoms with E-state index in [1.54, 1.807) is 0 Å². The van der Waals surface area contributed by atoms with Crippen LogP contribution in [0, 0.1) is 0 Å². The van der Waals surface area contributed by atoms with Crippen LogP contribution in [0.15, 0.2) is 30.5 Å². The van der Waals surface area contributed by atoms with Crippen molar-refractivity contribution in [3.63, 3.8) is 0 Å². The molecule has 0 saturated heterocycles. The Morgan fingerprint density at radius 1 is 1.37 bits per heavy atom. The minimum absolute atomic E-state index is 0.0203. The molecule has 2 rings (SSSR count). The second-order valence-corrected chi connectivity index (χ2v) is 5.30. The third-order valence-electron chi connectivity index (χ3n) is 2.85. The van der Waals surface area contributed by atoms with Gasteiger partial charge in [0.25, 0.3) is 0 Å². The van der Waals surface area contributed by atoms with Crippen LogP contribution in [0.1, 0.15) is 22.9 Å². The summed E-state index contributed by atoms with van der Waals surface area (Å²) in [7, 11) is 0. The molecule has 100 valence electrons. The number of hydrogen-bond donors (Lipinski definition) is 2. The van der Waals surface area contributed by atoms with Crippen LogP contribution in [0.2, 0.25) is 0 Å². The highest BCUT2D eigenvalue weighted by atomic mass is 32.1. The van der Waals surface area contributed by atoms with Crippen molar-refractivity contribution in [1.29, 1.82) is 0 Å². The first-order chi connectivity index (χ1) is 9.22. The molecule has 2 aromatic rings. The number of carbonyl (C=O) groups excluding carboxylic acids is 1. The lowest BCUT2D eigenvalue weighted by atomic mass is 10.0. The molecule has 0 bridgehead atoms. The Labute approximate surface area is 116 Å². The van der Waals surface area contributed by atoms with Crippen molar-refractivity contribution < 1.29 is 4.79 Å². The van der Waals surface area contributed by atoms with Gasteiger partial charge in [-0.05, 0) is 17.5 Å². The fourth-order valence-electron chi connectivity index (χ4n) is 1.88. The summed E-state index contributed by atoms with van der Waals surface area (Å²) in [6.45, 7) is 2.13. The average molecular weight is 275 g/mol. The Hall–Kier alpha value is -1.72.